The van der Waals surface area contributed by atoms with E-state index in [1.54, 1.807) is 23.1 Å². The summed E-state index contributed by atoms with van der Waals surface area (Å²) in [4.78, 5) is 1.29. The molecule has 126 valence electrons. The zero-order valence-corrected chi connectivity index (χ0v) is 16.7. The molecule has 1 N–H and O–H groups in total. The molecular formula is C13H21BrN2O3S3. The molecule has 22 heavy (non-hydrogen) atoms. The van der Waals surface area contributed by atoms with Gasteiger partial charge in [0.1, 0.15) is 0 Å². The van der Waals surface area contributed by atoms with Gasteiger partial charge in [0.15, 0.2) is 0 Å². The number of ether oxygens (including phenoxy) is 1. The van der Waals surface area contributed by atoms with E-state index in [-0.39, 0.29) is 12.2 Å². The van der Waals surface area contributed by atoms with Crippen molar-refractivity contribution in [2.45, 2.75) is 31.8 Å². The lowest BCUT2D eigenvalue weighted by Gasteiger charge is -2.34. The molecule has 2 heterocycles. The number of rotatable bonds is 7. The van der Waals surface area contributed by atoms with E-state index in [0.29, 0.717) is 19.6 Å². The minimum Gasteiger partial charge on any atom is -0.373 e. The number of nitrogens with one attached hydrogen (secondary N) is 1. The second-order valence-corrected chi connectivity index (χ2v) is 10.6. The molecule has 9 heteroatoms. The van der Waals surface area contributed by atoms with Crippen LogP contribution >= 0.6 is 39.0 Å². The molecule has 0 saturated carbocycles. The molecular weight excluding hydrogens is 408 g/mol. The van der Waals surface area contributed by atoms with E-state index in [1.807, 2.05) is 19.9 Å². The fourth-order valence-corrected chi connectivity index (χ4v) is 6.20. The molecule has 1 saturated heterocycles. The number of morpholine rings is 1. The van der Waals surface area contributed by atoms with E-state index in [4.69, 9.17) is 4.74 Å². The maximum atomic E-state index is 12.3. The Hall–Kier alpha value is 0.360. The average molecular weight is 429 g/mol. The molecule has 0 radical (unpaired) electrons. The molecule has 0 aliphatic carbocycles. The van der Waals surface area contributed by atoms with Gasteiger partial charge in [0.2, 0.25) is 0 Å². The Balaban J connectivity index is 1.71. The van der Waals surface area contributed by atoms with Crippen LogP contribution in [-0.4, -0.2) is 50.3 Å². The van der Waals surface area contributed by atoms with Crippen LogP contribution < -0.4 is 4.72 Å². The van der Waals surface area contributed by atoms with E-state index in [2.05, 4.69) is 26.7 Å². The summed E-state index contributed by atoms with van der Waals surface area (Å²) < 4.78 is 35.4. The molecule has 2 rings (SSSR count). The predicted molar refractivity (Wildman–Crippen MR) is 96.7 cm³/mol. The molecule has 2 unspecified atom stereocenters. The third-order valence-electron chi connectivity index (χ3n) is 3.13. The Kier molecular flexibility index (Phi) is 7.19. The van der Waals surface area contributed by atoms with Crippen LogP contribution in [0, 0.1) is 0 Å². The second-order valence-electron chi connectivity index (χ2n) is 5.23. The number of thiophene rings is 1. The van der Waals surface area contributed by atoms with Gasteiger partial charge in [-0.3, -0.25) is 0 Å². The standard InChI is InChI=1S/C13H21BrN2O3S3/c1-10-7-16(8-11(2)19-10)22(17,18)15-5-6-20-9-12-3-4-13(14)21-12/h3-4,10-11,15H,5-9H2,1-2H3. The molecule has 2 atom stereocenters. The van der Waals surface area contributed by atoms with Crippen LogP contribution in [0.3, 0.4) is 0 Å². The first kappa shape index (κ1) is 18.7. The monoisotopic (exact) mass is 428 g/mol. The van der Waals surface area contributed by atoms with Crippen molar-refractivity contribution in [3.8, 4) is 0 Å². The van der Waals surface area contributed by atoms with Crippen molar-refractivity contribution in [2.24, 2.45) is 0 Å². The first-order chi connectivity index (χ1) is 10.4. The van der Waals surface area contributed by atoms with Gasteiger partial charge in [-0.05, 0) is 41.9 Å². The Morgan fingerprint density at radius 3 is 2.68 bits per heavy atom. The molecule has 0 spiro atoms. The van der Waals surface area contributed by atoms with Crippen molar-refractivity contribution in [1.82, 2.24) is 9.03 Å². The van der Waals surface area contributed by atoms with Gasteiger partial charge in [0.05, 0.1) is 16.0 Å². The summed E-state index contributed by atoms with van der Waals surface area (Å²) in [5, 5.41) is 0. The summed E-state index contributed by atoms with van der Waals surface area (Å²) in [6, 6.07) is 4.12. The van der Waals surface area contributed by atoms with Crippen LogP contribution in [0.5, 0.6) is 0 Å². The van der Waals surface area contributed by atoms with Gasteiger partial charge >= 0.3 is 0 Å². The molecule has 0 amide bonds. The largest absolute Gasteiger partial charge is 0.373 e. The number of nitrogens with zero attached hydrogens (tertiary/aromatic N) is 1. The first-order valence-electron chi connectivity index (χ1n) is 7.09. The van der Waals surface area contributed by atoms with Gasteiger partial charge in [-0.2, -0.15) is 24.5 Å². The number of hydrogen-bond acceptors (Lipinski definition) is 5. The highest BCUT2D eigenvalue weighted by molar-refractivity contribution is 9.11. The van der Waals surface area contributed by atoms with Crippen LogP contribution in [0.15, 0.2) is 15.9 Å². The fraction of sp³-hybridized carbons (Fsp3) is 0.692. The molecule has 5 nitrogen and oxygen atoms in total. The van der Waals surface area contributed by atoms with E-state index in [9.17, 15) is 8.42 Å². The van der Waals surface area contributed by atoms with Gasteiger partial charge in [-0.1, -0.05) is 0 Å². The molecule has 0 aromatic carbocycles. The van der Waals surface area contributed by atoms with Crippen LogP contribution in [-0.2, 0) is 20.7 Å². The van der Waals surface area contributed by atoms with Crippen LogP contribution in [0.2, 0.25) is 0 Å². The minimum absolute atomic E-state index is 0.0630. The lowest BCUT2D eigenvalue weighted by molar-refractivity contribution is -0.0443. The summed E-state index contributed by atoms with van der Waals surface area (Å²) in [5.41, 5.74) is 0. The Bertz CT molecular complexity index is 569. The van der Waals surface area contributed by atoms with Crippen molar-refractivity contribution >= 4 is 49.2 Å². The number of halogens is 1. The number of hydrogen-bond donors (Lipinski definition) is 1. The SMILES string of the molecule is CC1CN(S(=O)(=O)NCCSCc2ccc(Br)s2)CC(C)O1. The van der Waals surface area contributed by atoms with Crippen molar-refractivity contribution in [3.63, 3.8) is 0 Å². The average Bonchev–Trinajstić information content (AvgIpc) is 2.83. The van der Waals surface area contributed by atoms with Gasteiger partial charge < -0.3 is 4.74 Å². The normalized spacial score (nSPS) is 23.8. The lowest BCUT2D eigenvalue weighted by atomic mass is 10.3. The smallest absolute Gasteiger partial charge is 0.279 e. The second kappa shape index (κ2) is 8.46. The van der Waals surface area contributed by atoms with Crippen LogP contribution in [0.1, 0.15) is 18.7 Å². The predicted octanol–water partition coefficient (Wildman–Crippen LogP) is 2.69. The van der Waals surface area contributed by atoms with E-state index < -0.39 is 10.2 Å². The topological polar surface area (TPSA) is 58.6 Å². The summed E-state index contributed by atoms with van der Waals surface area (Å²) in [5.74, 6) is 1.66. The van der Waals surface area contributed by atoms with Crippen molar-refractivity contribution in [3.05, 3.63) is 20.8 Å². The van der Waals surface area contributed by atoms with Gasteiger partial charge in [-0.25, -0.2) is 4.72 Å². The van der Waals surface area contributed by atoms with E-state index in [0.717, 1.165) is 15.3 Å². The van der Waals surface area contributed by atoms with Crippen molar-refractivity contribution in [1.29, 1.82) is 0 Å². The van der Waals surface area contributed by atoms with Crippen LogP contribution in [0.25, 0.3) is 0 Å². The third kappa shape index (κ3) is 5.77. The summed E-state index contributed by atoms with van der Waals surface area (Å²) in [7, 11) is -3.41. The Morgan fingerprint density at radius 2 is 2.09 bits per heavy atom. The Labute approximate surface area is 149 Å². The molecule has 1 aliphatic heterocycles. The van der Waals surface area contributed by atoms with Crippen molar-refractivity contribution < 1.29 is 13.2 Å². The first-order valence-corrected chi connectivity index (χ1v) is 11.3. The highest BCUT2D eigenvalue weighted by Gasteiger charge is 2.30. The quantitative estimate of drug-likeness (QED) is 0.678. The molecule has 1 aliphatic rings. The van der Waals surface area contributed by atoms with Gasteiger partial charge in [0.25, 0.3) is 10.2 Å². The van der Waals surface area contributed by atoms with Gasteiger partial charge in [0, 0.05) is 36.0 Å². The van der Waals surface area contributed by atoms with Gasteiger partial charge in [-0.15, -0.1) is 11.3 Å². The number of thioether (sulfide) groups is 1. The lowest BCUT2D eigenvalue weighted by Crippen LogP contribution is -2.52. The maximum Gasteiger partial charge on any atom is 0.279 e. The highest BCUT2D eigenvalue weighted by Crippen LogP contribution is 2.25. The zero-order valence-electron chi connectivity index (χ0n) is 12.6. The molecule has 1 fully saturated rings. The maximum absolute atomic E-state index is 12.3. The molecule has 1 aromatic heterocycles. The fourth-order valence-electron chi connectivity index (χ4n) is 2.26. The summed E-state index contributed by atoms with van der Waals surface area (Å²) in [6.07, 6.45) is -0.126. The molecule has 1 aromatic rings. The van der Waals surface area contributed by atoms with Crippen LogP contribution in [0.4, 0.5) is 0 Å². The Morgan fingerprint density at radius 1 is 1.41 bits per heavy atom. The highest BCUT2D eigenvalue weighted by atomic mass is 79.9. The third-order valence-corrected chi connectivity index (χ3v) is 7.49. The van der Waals surface area contributed by atoms with E-state index in [1.165, 1.54) is 9.18 Å². The summed E-state index contributed by atoms with van der Waals surface area (Å²) in [6.45, 7) is 5.06. The zero-order chi connectivity index (χ0) is 16.2. The molecule has 0 bridgehead atoms. The summed E-state index contributed by atoms with van der Waals surface area (Å²) >= 11 is 6.87. The van der Waals surface area contributed by atoms with E-state index >= 15 is 0 Å². The minimum atomic E-state index is -3.41. The van der Waals surface area contributed by atoms with Crippen molar-refractivity contribution in [2.75, 3.05) is 25.4 Å².